The summed E-state index contributed by atoms with van der Waals surface area (Å²) in [6.45, 7) is 5.95. The number of hydrogen-bond donors (Lipinski definition) is 0. The molecule has 0 fully saturated rings. The number of benzene rings is 3. The van der Waals surface area contributed by atoms with E-state index in [1.807, 2.05) is 53.4 Å². The van der Waals surface area contributed by atoms with E-state index in [4.69, 9.17) is 14.2 Å². The van der Waals surface area contributed by atoms with Crippen LogP contribution >= 0.6 is 11.8 Å². The summed E-state index contributed by atoms with van der Waals surface area (Å²) in [6, 6.07) is 24.3. The molecule has 0 saturated heterocycles. The van der Waals surface area contributed by atoms with Crippen molar-refractivity contribution in [3.63, 3.8) is 0 Å². The summed E-state index contributed by atoms with van der Waals surface area (Å²) in [7, 11) is 3.71. The molecule has 0 spiro atoms. The molecule has 0 radical (unpaired) electrons. The van der Waals surface area contributed by atoms with Gasteiger partial charge in [0.2, 0.25) is 0 Å². The number of carbonyl (C=O) groups excluding carboxylic acids is 2. The highest BCUT2D eigenvalue weighted by Crippen LogP contribution is 2.46. The van der Waals surface area contributed by atoms with Crippen LogP contribution in [-0.4, -0.2) is 69.9 Å². The minimum Gasteiger partial charge on any atom is -0.497 e. The lowest BCUT2D eigenvalue weighted by atomic mass is 10.1. The van der Waals surface area contributed by atoms with Crippen LogP contribution in [0.5, 0.6) is 5.75 Å². The van der Waals surface area contributed by atoms with E-state index in [2.05, 4.69) is 43.1 Å². The number of esters is 1. The Kier molecular flexibility index (Phi) is 11.2. The first-order valence-corrected chi connectivity index (χ1v) is 15.0. The van der Waals surface area contributed by atoms with Gasteiger partial charge in [-0.15, -0.1) is 11.8 Å². The topological polar surface area (TPSA) is 68.3 Å². The zero-order valence-corrected chi connectivity index (χ0v) is 25.2. The van der Waals surface area contributed by atoms with Gasteiger partial charge < -0.3 is 24.0 Å². The van der Waals surface area contributed by atoms with E-state index in [-0.39, 0.29) is 24.4 Å². The quantitative estimate of drug-likeness (QED) is 0.242. The number of aryl methyl sites for hydroxylation is 2. The van der Waals surface area contributed by atoms with Crippen LogP contribution in [0, 0.1) is 6.92 Å². The van der Waals surface area contributed by atoms with Crippen molar-refractivity contribution in [3.8, 4) is 5.75 Å². The second-order valence-corrected chi connectivity index (χ2v) is 11.4. The van der Waals surface area contributed by atoms with Crippen LogP contribution in [0.3, 0.4) is 0 Å². The minimum atomic E-state index is -0.878. The first-order valence-electron chi connectivity index (χ1n) is 14.1. The fraction of sp³-hybridized carbons (Fsp3) is 0.394. The van der Waals surface area contributed by atoms with Crippen molar-refractivity contribution in [1.82, 2.24) is 4.90 Å². The maximum Gasteiger partial charge on any atom is 0.332 e. The molecule has 0 N–H and O–H groups in total. The van der Waals surface area contributed by atoms with Gasteiger partial charge in [-0.2, -0.15) is 0 Å². The van der Waals surface area contributed by atoms with Crippen LogP contribution in [0.25, 0.3) is 0 Å². The number of nitrogens with zero attached hydrogens (tertiary/aromatic N) is 2. The van der Waals surface area contributed by atoms with Crippen molar-refractivity contribution < 1.29 is 23.8 Å². The molecule has 0 saturated carbocycles. The van der Waals surface area contributed by atoms with Crippen LogP contribution in [0.4, 0.5) is 5.69 Å². The van der Waals surface area contributed by atoms with Gasteiger partial charge in [-0.25, -0.2) is 4.79 Å². The third-order valence-electron chi connectivity index (χ3n) is 7.16. The van der Waals surface area contributed by atoms with E-state index in [1.165, 1.54) is 11.1 Å². The molecular formula is C33H40N2O5S. The molecule has 1 amide bonds. The molecule has 7 nitrogen and oxygen atoms in total. The van der Waals surface area contributed by atoms with Gasteiger partial charge >= 0.3 is 5.97 Å². The molecule has 41 heavy (non-hydrogen) atoms. The normalized spacial score (nSPS) is 16.8. The Hall–Kier alpha value is -3.33. The number of hydrogen-bond acceptors (Lipinski definition) is 7. The molecule has 8 heteroatoms. The van der Waals surface area contributed by atoms with Crippen molar-refractivity contribution >= 4 is 29.3 Å². The monoisotopic (exact) mass is 576 g/mol. The maximum atomic E-state index is 14.2. The Bertz CT molecular complexity index is 1280. The average molecular weight is 577 g/mol. The van der Waals surface area contributed by atoms with Crippen LogP contribution in [0.1, 0.15) is 35.3 Å². The molecule has 218 valence electrons. The Morgan fingerprint density at radius 2 is 1.73 bits per heavy atom. The van der Waals surface area contributed by atoms with Crippen LogP contribution in [-0.2, 0) is 25.5 Å². The fourth-order valence-electron chi connectivity index (χ4n) is 4.86. The highest BCUT2D eigenvalue weighted by Gasteiger charge is 2.39. The van der Waals surface area contributed by atoms with Gasteiger partial charge in [0, 0.05) is 18.0 Å². The zero-order valence-electron chi connectivity index (χ0n) is 24.4. The summed E-state index contributed by atoms with van der Waals surface area (Å²) in [4.78, 5) is 31.5. The number of rotatable bonds is 13. The molecule has 0 aliphatic carbocycles. The second kappa shape index (κ2) is 15.1. The number of anilines is 1. The van der Waals surface area contributed by atoms with Gasteiger partial charge in [0.1, 0.15) is 12.4 Å². The van der Waals surface area contributed by atoms with E-state index >= 15 is 0 Å². The molecule has 1 aliphatic heterocycles. The molecule has 0 unspecified atom stereocenters. The van der Waals surface area contributed by atoms with Gasteiger partial charge in [0.25, 0.3) is 5.91 Å². The third kappa shape index (κ3) is 8.35. The van der Waals surface area contributed by atoms with Crippen molar-refractivity contribution in [1.29, 1.82) is 0 Å². The van der Waals surface area contributed by atoms with Gasteiger partial charge in [0.05, 0.1) is 24.7 Å². The van der Waals surface area contributed by atoms with Crippen LogP contribution < -0.4 is 9.64 Å². The molecule has 3 aromatic rings. The van der Waals surface area contributed by atoms with Gasteiger partial charge in [-0.05, 0) is 75.7 Å². The largest absolute Gasteiger partial charge is 0.497 e. The summed E-state index contributed by atoms with van der Waals surface area (Å²) in [5.74, 6) is 0.0798. The van der Waals surface area contributed by atoms with E-state index in [0.29, 0.717) is 13.1 Å². The second-order valence-electron chi connectivity index (χ2n) is 10.2. The lowest BCUT2D eigenvalue weighted by Crippen LogP contribution is -2.45. The van der Waals surface area contributed by atoms with E-state index in [1.54, 1.807) is 25.8 Å². The lowest BCUT2D eigenvalue weighted by Gasteiger charge is -2.29. The molecule has 4 rings (SSSR count). The smallest absolute Gasteiger partial charge is 0.332 e. The Balaban J connectivity index is 1.52. The average Bonchev–Trinajstić information content (AvgIpc) is 3.10. The number of fused-ring (bicyclic) bond motifs is 1. The number of carbonyl (C=O) groups is 2. The summed E-state index contributed by atoms with van der Waals surface area (Å²) < 4.78 is 16.5. The standard InChI is InChI=1S/C33H40N2O5S/c1-5-39-30(36)23-40-31-32(26-16-18-27(38-4)19-17-26)41-29-11-7-6-10-28(29)35(33(31)37)22-21-34(3)20-8-9-25-14-12-24(2)13-15-25/h6-7,10-19,31-32H,5,8-9,20-23H2,1-4H3/t31-,32+/m1/s1. The first kappa shape index (κ1) is 30.6. The summed E-state index contributed by atoms with van der Waals surface area (Å²) in [5, 5.41) is -0.360. The number of amides is 1. The maximum absolute atomic E-state index is 14.2. The first-order chi connectivity index (χ1) is 19.9. The molecule has 0 bridgehead atoms. The van der Waals surface area contributed by atoms with E-state index in [0.717, 1.165) is 41.3 Å². The Labute approximate surface area is 247 Å². The zero-order chi connectivity index (χ0) is 29.2. The SMILES string of the molecule is CCOC(=O)CO[C@H]1C(=O)N(CCN(C)CCCc2ccc(C)cc2)c2ccccc2S[C@H]1c1ccc(OC)cc1. The van der Waals surface area contributed by atoms with Crippen molar-refractivity contribution in [2.75, 3.05) is 51.9 Å². The number of methoxy groups -OCH3 is 1. The molecule has 0 aromatic heterocycles. The van der Waals surface area contributed by atoms with Crippen molar-refractivity contribution in [2.45, 2.75) is 42.9 Å². The molecule has 1 aliphatic rings. The third-order valence-corrected chi connectivity index (χ3v) is 8.53. The highest BCUT2D eigenvalue weighted by atomic mass is 32.2. The fourth-order valence-corrected chi connectivity index (χ4v) is 6.20. The minimum absolute atomic E-state index is 0.166. The lowest BCUT2D eigenvalue weighted by molar-refractivity contribution is -0.152. The molecule has 3 aromatic carbocycles. The van der Waals surface area contributed by atoms with Gasteiger partial charge in [0.15, 0.2) is 6.10 Å². The summed E-state index contributed by atoms with van der Waals surface area (Å²) in [5.41, 5.74) is 4.38. The number of thioether (sulfide) groups is 1. The predicted octanol–water partition coefficient (Wildman–Crippen LogP) is 5.70. The number of ether oxygens (including phenoxy) is 3. The predicted molar refractivity (Wildman–Crippen MR) is 164 cm³/mol. The van der Waals surface area contributed by atoms with Crippen molar-refractivity contribution in [2.24, 2.45) is 0 Å². The number of likely N-dealkylation sites (N-methyl/N-ethyl adjacent to an activating group) is 1. The summed E-state index contributed by atoms with van der Waals surface area (Å²) >= 11 is 1.58. The molecule has 2 atom stereocenters. The van der Waals surface area contributed by atoms with Gasteiger partial charge in [-0.1, -0.05) is 54.1 Å². The Morgan fingerprint density at radius 1 is 1.00 bits per heavy atom. The summed E-state index contributed by atoms with van der Waals surface area (Å²) in [6.07, 6.45) is 1.17. The van der Waals surface area contributed by atoms with E-state index in [9.17, 15) is 9.59 Å². The Morgan fingerprint density at radius 3 is 2.44 bits per heavy atom. The highest BCUT2D eigenvalue weighted by molar-refractivity contribution is 7.99. The molecule has 1 heterocycles. The molecular weight excluding hydrogens is 536 g/mol. The van der Waals surface area contributed by atoms with Gasteiger partial charge in [-0.3, -0.25) is 4.79 Å². The number of para-hydroxylation sites is 1. The van der Waals surface area contributed by atoms with Crippen molar-refractivity contribution in [3.05, 3.63) is 89.5 Å². The van der Waals surface area contributed by atoms with Crippen LogP contribution in [0.2, 0.25) is 0 Å². The van der Waals surface area contributed by atoms with E-state index < -0.39 is 12.1 Å². The van der Waals surface area contributed by atoms with Crippen LogP contribution in [0.15, 0.2) is 77.7 Å².